The molecule has 0 saturated heterocycles. The summed E-state index contributed by atoms with van der Waals surface area (Å²) in [5.74, 6) is 1.27. The Balaban J connectivity index is 1.78. The number of allylic oxidation sites excluding steroid dienone is 2. The van der Waals surface area contributed by atoms with Gasteiger partial charge in [0, 0.05) is 5.41 Å². The van der Waals surface area contributed by atoms with Crippen LogP contribution in [0.2, 0.25) is 0 Å². The topological polar surface area (TPSA) is 61.1 Å². The fourth-order valence-corrected chi connectivity index (χ4v) is 7.76. The van der Waals surface area contributed by atoms with E-state index in [1.807, 2.05) is 20.8 Å². The lowest BCUT2D eigenvalue weighted by molar-refractivity contribution is -0.139. The van der Waals surface area contributed by atoms with Crippen molar-refractivity contribution in [3.8, 4) is 6.07 Å². The maximum Gasteiger partial charge on any atom is 0.159 e. The number of nitriles is 1. The van der Waals surface area contributed by atoms with Gasteiger partial charge in [-0.2, -0.15) is 5.26 Å². The van der Waals surface area contributed by atoms with E-state index in [2.05, 4.69) is 26.0 Å². The lowest BCUT2D eigenvalue weighted by Crippen LogP contribution is -2.57. The summed E-state index contributed by atoms with van der Waals surface area (Å²) >= 11 is 0. The van der Waals surface area contributed by atoms with Gasteiger partial charge in [-0.3, -0.25) is 4.79 Å². The van der Waals surface area contributed by atoms with Crippen LogP contribution in [0.5, 0.6) is 0 Å². The van der Waals surface area contributed by atoms with Crippen molar-refractivity contribution in [2.75, 3.05) is 0 Å². The molecule has 3 heteroatoms. The highest BCUT2D eigenvalue weighted by molar-refractivity contribution is 5.92. The molecule has 0 aromatic heterocycles. The molecule has 0 bridgehead atoms. The van der Waals surface area contributed by atoms with E-state index in [4.69, 9.17) is 0 Å². The van der Waals surface area contributed by atoms with Crippen molar-refractivity contribution in [2.24, 2.45) is 39.9 Å². The first-order chi connectivity index (χ1) is 12.0. The molecule has 0 aliphatic heterocycles. The van der Waals surface area contributed by atoms with Gasteiger partial charge in [0.25, 0.3) is 0 Å². The quantitative estimate of drug-likeness (QED) is 0.643. The molecule has 0 aromatic rings. The van der Waals surface area contributed by atoms with Crippen molar-refractivity contribution in [2.45, 2.75) is 78.7 Å². The van der Waals surface area contributed by atoms with Gasteiger partial charge in [0.2, 0.25) is 0 Å². The number of rotatable bonds is 0. The predicted molar refractivity (Wildman–Crippen MR) is 101 cm³/mol. The number of carbonyl (C=O) groups excluding carboxylic acids is 1. The Morgan fingerprint density at radius 2 is 1.77 bits per heavy atom. The van der Waals surface area contributed by atoms with Crippen LogP contribution in [-0.4, -0.2) is 16.5 Å². The summed E-state index contributed by atoms with van der Waals surface area (Å²) in [6, 6.07) is 2.31. The summed E-state index contributed by atoms with van der Waals surface area (Å²) in [6.45, 7) is 10.7. The van der Waals surface area contributed by atoms with Crippen molar-refractivity contribution in [3.63, 3.8) is 0 Å². The van der Waals surface area contributed by atoms with E-state index in [0.29, 0.717) is 24.2 Å². The van der Waals surface area contributed by atoms with E-state index < -0.39 is 16.9 Å². The van der Waals surface area contributed by atoms with Crippen LogP contribution in [0.25, 0.3) is 0 Å². The first kappa shape index (κ1) is 18.2. The Kier molecular flexibility index (Phi) is 3.66. The molecule has 3 fully saturated rings. The van der Waals surface area contributed by atoms with Crippen LogP contribution in [0.1, 0.15) is 73.1 Å². The Labute approximate surface area is 157 Å². The highest BCUT2D eigenvalue weighted by Crippen LogP contribution is 2.68. The maximum atomic E-state index is 12.9. The Morgan fingerprint density at radius 1 is 1.12 bits per heavy atom. The van der Waals surface area contributed by atoms with E-state index in [-0.39, 0.29) is 16.6 Å². The summed E-state index contributed by atoms with van der Waals surface area (Å²) in [5, 5.41) is 20.7. The van der Waals surface area contributed by atoms with Crippen LogP contribution in [0.15, 0.2) is 11.6 Å². The minimum atomic E-state index is -0.565. The molecule has 0 radical (unpaired) electrons. The van der Waals surface area contributed by atoms with Crippen molar-refractivity contribution in [1.29, 1.82) is 5.26 Å². The van der Waals surface area contributed by atoms with Crippen molar-refractivity contribution >= 4 is 5.78 Å². The standard InChI is InChI=1S/C23H33NO2/c1-20(2)18-7-6-15-16(21(18,3)12-14(13-24)19(20)25)8-10-22(4)17(15)9-11-23(22,5)26/h7,14-17,26H,6,8-12H2,1-5H3/t14?,15-,16+,17+,21-,22+,23-/m1/s1. The summed E-state index contributed by atoms with van der Waals surface area (Å²) in [4.78, 5) is 12.9. The summed E-state index contributed by atoms with van der Waals surface area (Å²) in [6.07, 6.45) is 8.22. The lowest BCUT2D eigenvalue weighted by Gasteiger charge is -2.60. The van der Waals surface area contributed by atoms with Crippen molar-refractivity contribution in [3.05, 3.63) is 11.6 Å². The molecule has 4 aliphatic rings. The Morgan fingerprint density at radius 3 is 2.42 bits per heavy atom. The minimum absolute atomic E-state index is 0.00447. The largest absolute Gasteiger partial charge is 0.390 e. The average molecular weight is 356 g/mol. The van der Waals surface area contributed by atoms with Gasteiger partial charge in [-0.05, 0) is 87.9 Å². The molecule has 1 N–H and O–H groups in total. The molecule has 0 amide bonds. The van der Waals surface area contributed by atoms with Gasteiger partial charge in [-0.1, -0.05) is 25.5 Å². The Bertz CT molecular complexity index is 727. The van der Waals surface area contributed by atoms with Crippen molar-refractivity contribution in [1.82, 2.24) is 0 Å². The summed E-state index contributed by atoms with van der Waals surface area (Å²) in [5.41, 5.74) is 0.141. The molecule has 1 unspecified atom stereocenters. The normalized spacial score (nSPS) is 52.3. The van der Waals surface area contributed by atoms with E-state index in [9.17, 15) is 15.2 Å². The molecule has 0 spiro atoms. The maximum absolute atomic E-state index is 12.9. The SMILES string of the molecule is CC1(C)C(=O)C(C#N)C[C@@]2(C)C1=CC[C@@H]1[C@@H]2CC[C@@]2(C)[C@H]1CC[C@@]2(C)O. The number of hydrogen-bond donors (Lipinski definition) is 1. The summed E-state index contributed by atoms with van der Waals surface area (Å²) < 4.78 is 0. The van der Waals surface area contributed by atoms with Crippen LogP contribution in [0.3, 0.4) is 0 Å². The van der Waals surface area contributed by atoms with Gasteiger partial charge >= 0.3 is 0 Å². The molecule has 0 heterocycles. The molecule has 7 atom stereocenters. The molecule has 3 saturated carbocycles. The molecule has 0 aromatic carbocycles. The van der Waals surface area contributed by atoms with Gasteiger partial charge in [-0.15, -0.1) is 0 Å². The second kappa shape index (κ2) is 5.22. The van der Waals surface area contributed by atoms with Crippen LogP contribution in [0.4, 0.5) is 0 Å². The number of aliphatic hydroxyl groups is 1. The van der Waals surface area contributed by atoms with E-state index >= 15 is 0 Å². The number of carbonyl (C=O) groups is 1. The van der Waals surface area contributed by atoms with Crippen molar-refractivity contribution < 1.29 is 9.90 Å². The smallest absolute Gasteiger partial charge is 0.159 e. The fourth-order valence-electron chi connectivity index (χ4n) is 7.76. The third-order valence-corrected chi connectivity index (χ3v) is 9.42. The second-order valence-corrected chi connectivity index (χ2v) is 10.8. The average Bonchev–Trinajstić information content (AvgIpc) is 2.81. The minimum Gasteiger partial charge on any atom is -0.390 e. The number of nitrogens with zero attached hydrogens (tertiary/aromatic N) is 1. The lowest BCUT2D eigenvalue weighted by atomic mass is 9.43. The first-order valence-corrected chi connectivity index (χ1v) is 10.4. The highest BCUT2D eigenvalue weighted by atomic mass is 16.3. The monoisotopic (exact) mass is 355 g/mol. The number of Topliss-reactive ketones (excluding diaryl/α,β-unsaturated/α-hetero) is 1. The van der Waals surface area contributed by atoms with Gasteiger partial charge in [0.1, 0.15) is 5.92 Å². The second-order valence-electron chi connectivity index (χ2n) is 10.8. The third-order valence-electron chi connectivity index (χ3n) is 9.42. The molecular formula is C23H33NO2. The number of ketones is 1. The highest BCUT2D eigenvalue weighted by Gasteiger charge is 2.64. The molecule has 26 heavy (non-hydrogen) atoms. The van der Waals surface area contributed by atoms with Crippen LogP contribution < -0.4 is 0 Å². The zero-order valence-electron chi connectivity index (χ0n) is 16.9. The van der Waals surface area contributed by atoms with E-state index in [1.54, 1.807) is 0 Å². The Hall–Kier alpha value is -1.14. The van der Waals surface area contributed by atoms with Crippen LogP contribution >= 0.6 is 0 Å². The molecule has 3 nitrogen and oxygen atoms in total. The molecular weight excluding hydrogens is 322 g/mol. The third kappa shape index (κ3) is 2.00. The zero-order chi connectivity index (χ0) is 19.1. The zero-order valence-corrected chi connectivity index (χ0v) is 16.9. The van der Waals surface area contributed by atoms with Gasteiger partial charge in [0.15, 0.2) is 5.78 Å². The van der Waals surface area contributed by atoms with Crippen LogP contribution in [0, 0.1) is 51.2 Å². The van der Waals surface area contributed by atoms with Gasteiger partial charge < -0.3 is 5.11 Å². The predicted octanol–water partition coefficient (Wildman–Crippen LogP) is 4.66. The van der Waals surface area contributed by atoms with E-state index in [1.165, 1.54) is 5.57 Å². The molecule has 4 rings (SSSR count). The molecule has 4 aliphatic carbocycles. The van der Waals surface area contributed by atoms with E-state index in [0.717, 1.165) is 32.1 Å². The van der Waals surface area contributed by atoms with Gasteiger partial charge in [0.05, 0.1) is 11.7 Å². The number of fused-ring (bicyclic) bond motifs is 5. The first-order valence-electron chi connectivity index (χ1n) is 10.4. The van der Waals surface area contributed by atoms with Gasteiger partial charge in [-0.25, -0.2) is 0 Å². The molecule has 142 valence electrons. The summed E-state index contributed by atoms with van der Waals surface area (Å²) in [7, 11) is 0. The fraction of sp³-hybridized carbons (Fsp3) is 0.826. The number of hydrogen-bond acceptors (Lipinski definition) is 3. The van der Waals surface area contributed by atoms with Crippen LogP contribution in [-0.2, 0) is 4.79 Å².